The van der Waals surface area contributed by atoms with Gasteiger partial charge in [-0.25, -0.2) is 0 Å². The molecule has 0 aromatic carbocycles. The van der Waals surface area contributed by atoms with Gasteiger partial charge in [-0.2, -0.15) is 0 Å². The van der Waals surface area contributed by atoms with Gasteiger partial charge in [0.25, 0.3) is 0 Å². The van der Waals surface area contributed by atoms with Gasteiger partial charge in [0.1, 0.15) is 5.76 Å². The molecule has 14 heavy (non-hydrogen) atoms. The largest absolute Gasteiger partial charge is 0.498 e. The Balaban J connectivity index is 3.23. The molecule has 2 heteroatoms. The molecule has 2 nitrogen and oxygen atoms in total. The van der Waals surface area contributed by atoms with E-state index in [1.807, 2.05) is 13.0 Å². The SMILES string of the molecule is C=CC1(C)CC=C(OC)C1(O)C(=C)C. The molecule has 0 aromatic heterocycles. The Labute approximate surface area is 85.6 Å². The van der Waals surface area contributed by atoms with Gasteiger partial charge in [0.15, 0.2) is 5.60 Å². The van der Waals surface area contributed by atoms with Gasteiger partial charge in [-0.1, -0.05) is 19.6 Å². The van der Waals surface area contributed by atoms with Crippen LogP contribution in [0.1, 0.15) is 20.3 Å². The average molecular weight is 194 g/mol. The number of allylic oxidation sites excluding steroid dienone is 1. The minimum absolute atomic E-state index is 0.413. The van der Waals surface area contributed by atoms with Crippen LogP contribution in [0.25, 0.3) is 0 Å². The number of aliphatic hydroxyl groups is 1. The summed E-state index contributed by atoms with van der Waals surface area (Å²) in [5.41, 5.74) is -0.835. The lowest BCUT2D eigenvalue weighted by atomic mass is 9.71. The van der Waals surface area contributed by atoms with Crippen LogP contribution in [0.5, 0.6) is 0 Å². The number of hydrogen-bond acceptors (Lipinski definition) is 2. The maximum atomic E-state index is 10.6. The first-order valence-corrected chi connectivity index (χ1v) is 4.69. The summed E-state index contributed by atoms with van der Waals surface area (Å²) < 4.78 is 5.19. The number of rotatable bonds is 3. The second-order valence-corrected chi connectivity index (χ2v) is 4.09. The number of ether oxygens (including phenoxy) is 1. The Morgan fingerprint density at radius 2 is 2.29 bits per heavy atom. The first-order chi connectivity index (χ1) is 6.42. The minimum atomic E-state index is -1.11. The second kappa shape index (κ2) is 3.28. The van der Waals surface area contributed by atoms with Crippen LogP contribution in [0.2, 0.25) is 0 Å². The van der Waals surface area contributed by atoms with Crippen LogP contribution >= 0.6 is 0 Å². The van der Waals surface area contributed by atoms with Crippen LogP contribution in [-0.4, -0.2) is 17.8 Å². The van der Waals surface area contributed by atoms with Gasteiger partial charge >= 0.3 is 0 Å². The lowest BCUT2D eigenvalue weighted by Crippen LogP contribution is -2.44. The Hall–Kier alpha value is -1.02. The molecule has 0 bridgehead atoms. The third-order valence-corrected chi connectivity index (χ3v) is 3.18. The summed E-state index contributed by atoms with van der Waals surface area (Å²) in [5.74, 6) is 0.576. The highest BCUT2D eigenvalue weighted by atomic mass is 16.5. The molecule has 0 aromatic rings. The highest BCUT2D eigenvalue weighted by molar-refractivity contribution is 5.38. The van der Waals surface area contributed by atoms with E-state index in [2.05, 4.69) is 13.2 Å². The van der Waals surface area contributed by atoms with Gasteiger partial charge in [0, 0.05) is 5.41 Å². The molecular weight excluding hydrogens is 176 g/mol. The molecule has 0 saturated heterocycles. The topological polar surface area (TPSA) is 29.5 Å². The molecule has 0 amide bonds. The van der Waals surface area contributed by atoms with Crippen molar-refractivity contribution in [1.29, 1.82) is 0 Å². The minimum Gasteiger partial charge on any atom is -0.498 e. The quantitative estimate of drug-likeness (QED) is 0.699. The summed E-state index contributed by atoms with van der Waals surface area (Å²) in [6, 6.07) is 0. The van der Waals surface area contributed by atoms with Gasteiger partial charge in [-0.15, -0.1) is 6.58 Å². The predicted octanol–water partition coefficient (Wildman–Crippen LogP) is 2.42. The first-order valence-electron chi connectivity index (χ1n) is 4.69. The molecule has 2 unspecified atom stereocenters. The lowest BCUT2D eigenvalue weighted by molar-refractivity contribution is -0.00833. The molecule has 0 heterocycles. The van der Waals surface area contributed by atoms with Crippen molar-refractivity contribution in [1.82, 2.24) is 0 Å². The van der Waals surface area contributed by atoms with Gasteiger partial charge in [0.05, 0.1) is 7.11 Å². The molecule has 78 valence electrons. The van der Waals surface area contributed by atoms with Crippen molar-refractivity contribution in [2.24, 2.45) is 5.41 Å². The fourth-order valence-electron chi connectivity index (χ4n) is 2.04. The highest BCUT2D eigenvalue weighted by Gasteiger charge is 2.52. The fraction of sp³-hybridized carbons (Fsp3) is 0.500. The van der Waals surface area contributed by atoms with E-state index < -0.39 is 11.0 Å². The zero-order chi connectivity index (χ0) is 11.0. The molecule has 0 saturated carbocycles. The molecule has 1 aliphatic rings. The third kappa shape index (κ3) is 1.14. The van der Waals surface area contributed by atoms with Crippen molar-refractivity contribution >= 4 is 0 Å². The zero-order valence-electron chi connectivity index (χ0n) is 9.13. The van der Waals surface area contributed by atoms with Crippen molar-refractivity contribution in [2.45, 2.75) is 25.9 Å². The van der Waals surface area contributed by atoms with Crippen molar-refractivity contribution in [3.05, 3.63) is 36.6 Å². The zero-order valence-corrected chi connectivity index (χ0v) is 9.13. The van der Waals surface area contributed by atoms with Crippen LogP contribution < -0.4 is 0 Å². The van der Waals surface area contributed by atoms with E-state index in [4.69, 9.17) is 4.74 Å². The molecule has 1 aliphatic carbocycles. The lowest BCUT2D eigenvalue weighted by Gasteiger charge is -2.39. The summed E-state index contributed by atoms with van der Waals surface area (Å²) >= 11 is 0. The molecule has 0 radical (unpaired) electrons. The third-order valence-electron chi connectivity index (χ3n) is 3.18. The second-order valence-electron chi connectivity index (χ2n) is 4.09. The normalized spacial score (nSPS) is 36.4. The Morgan fingerprint density at radius 3 is 2.64 bits per heavy atom. The molecule has 0 aliphatic heterocycles. The number of hydrogen-bond donors (Lipinski definition) is 1. The fourth-order valence-corrected chi connectivity index (χ4v) is 2.04. The maximum Gasteiger partial charge on any atom is 0.150 e. The van der Waals surface area contributed by atoms with Crippen LogP contribution in [0.4, 0.5) is 0 Å². The molecule has 2 atom stereocenters. The molecule has 0 spiro atoms. The maximum absolute atomic E-state index is 10.6. The summed E-state index contributed by atoms with van der Waals surface area (Å²) in [6.45, 7) is 11.4. The first kappa shape index (κ1) is 11.1. The Bertz CT molecular complexity index is 303. The number of methoxy groups -OCH3 is 1. The van der Waals surface area contributed by atoms with Crippen molar-refractivity contribution < 1.29 is 9.84 Å². The Morgan fingerprint density at radius 1 is 1.71 bits per heavy atom. The Kier molecular flexibility index (Phi) is 2.59. The molecule has 1 N–H and O–H groups in total. The van der Waals surface area contributed by atoms with Crippen molar-refractivity contribution in [3.8, 4) is 0 Å². The van der Waals surface area contributed by atoms with E-state index in [-0.39, 0.29) is 0 Å². The van der Waals surface area contributed by atoms with E-state index in [1.54, 1.807) is 20.1 Å². The summed E-state index contributed by atoms with van der Waals surface area (Å²) in [6.07, 6.45) is 4.39. The summed E-state index contributed by atoms with van der Waals surface area (Å²) in [5, 5.41) is 10.6. The summed E-state index contributed by atoms with van der Waals surface area (Å²) in [4.78, 5) is 0. The smallest absolute Gasteiger partial charge is 0.150 e. The van der Waals surface area contributed by atoms with Crippen molar-refractivity contribution in [2.75, 3.05) is 7.11 Å². The van der Waals surface area contributed by atoms with E-state index in [1.165, 1.54) is 0 Å². The van der Waals surface area contributed by atoms with E-state index in [9.17, 15) is 5.11 Å². The van der Waals surface area contributed by atoms with E-state index in [0.717, 1.165) is 6.42 Å². The summed E-state index contributed by atoms with van der Waals surface area (Å²) in [7, 11) is 1.56. The monoisotopic (exact) mass is 194 g/mol. The van der Waals surface area contributed by atoms with Gasteiger partial charge in [-0.3, -0.25) is 0 Å². The highest BCUT2D eigenvalue weighted by Crippen LogP contribution is 2.50. The van der Waals surface area contributed by atoms with E-state index in [0.29, 0.717) is 11.3 Å². The van der Waals surface area contributed by atoms with Crippen LogP contribution in [0, 0.1) is 5.41 Å². The van der Waals surface area contributed by atoms with Gasteiger partial charge in [0.2, 0.25) is 0 Å². The molecule has 0 fully saturated rings. The standard InChI is InChI=1S/C12H18O2/c1-6-11(4)8-7-10(14-5)12(11,13)9(2)3/h6-7,13H,1-2,8H2,3-5H3. The van der Waals surface area contributed by atoms with Crippen molar-refractivity contribution in [3.63, 3.8) is 0 Å². The predicted molar refractivity (Wildman–Crippen MR) is 57.8 cm³/mol. The van der Waals surface area contributed by atoms with E-state index >= 15 is 0 Å². The van der Waals surface area contributed by atoms with Crippen LogP contribution in [-0.2, 0) is 4.74 Å². The molecule has 1 rings (SSSR count). The van der Waals surface area contributed by atoms with Gasteiger partial charge < -0.3 is 9.84 Å². The van der Waals surface area contributed by atoms with Crippen LogP contribution in [0.15, 0.2) is 36.6 Å². The average Bonchev–Trinajstić information content (AvgIpc) is 2.42. The van der Waals surface area contributed by atoms with Crippen LogP contribution in [0.3, 0.4) is 0 Å². The van der Waals surface area contributed by atoms with Gasteiger partial charge in [-0.05, 0) is 25.0 Å². The molecular formula is C12H18O2.